The van der Waals surface area contributed by atoms with Gasteiger partial charge in [0.2, 0.25) is 0 Å². The summed E-state index contributed by atoms with van der Waals surface area (Å²) < 4.78 is 0. The Hall–Kier alpha value is -0.530. The van der Waals surface area contributed by atoms with Crippen molar-refractivity contribution in [1.29, 1.82) is 0 Å². The molecular weight excluding hydrogens is 266 g/mol. The highest BCUT2D eigenvalue weighted by atomic mass is 35.5. The molecule has 2 atom stereocenters. The number of hydrogen-bond donors (Lipinski definition) is 1. The molecule has 2 heteroatoms. The molecule has 1 fully saturated rings. The van der Waals surface area contributed by atoms with Crippen LogP contribution >= 0.6 is 11.6 Å². The maximum absolute atomic E-state index is 6.11. The molecule has 1 nitrogen and oxygen atoms in total. The van der Waals surface area contributed by atoms with Gasteiger partial charge in [0.15, 0.2) is 0 Å². The molecule has 1 N–H and O–H groups in total. The van der Waals surface area contributed by atoms with Gasteiger partial charge < -0.3 is 5.32 Å². The van der Waals surface area contributed by atoms with E-state index in [0.717, 1.165) is 30.8 Å². The molecule has 1 saturated carbocycles. The molecule has 3 rings (SSSR count). The largest absolute Gasteiger partial charge is 0.312 e. The van der Waals surface area contributed by atoms with Crippen molar-refractivity contribution in [2.45, 2.75) is 51.5 Å². The zero-order chi connectivity index (χ0) is 13.8. The van der Waals surface area contributed by atoms with E-state index in [1.54, 1.807) is 11.1 Å². The molecule has 1 aromatic rings. The Labute approximate surface area is 128 Å². The fourth-order valence-corrected chi connectivity index (χ4v) is 4.30. The van der Waals surface area contributed by atoms with Crippen molar-refractivity contribution in [2.24, 2.45) is 11.8 Å². The lowest BCUT2D eigenvalue weighted by Crippen LogP contribution is -2.31. The Morgan fingerprint density at radius 2 is 1.80 bits per heavy atom. The van der Waals surface area contributed by atoms with Crippen LogP contribution in [-0.2, 0) is 19.4 Å². The van der Waals surface area contributed by atoms with Crippen molar-refractivity contribution in [2.75, 3.05) is 12.4 Å². The number of benzene rings is 1. The number of aryl methyl sites for hydroxylation is 2. The molecular formula is C18H26ClN. The van der Waals surface area contributed by atoms with E-state index in [0.29, 0.717) is 0 Å². The molecule has 2 aliphatic rings. The number of halogens is 1. The number of rotatable bonds is 5. The first-order valence-corrected chi connectivity index (χ1v) is 8.77. The molecule has 0 spiro atoms. The molecule has 0 amide bonds. The van der Waals surface area contributed by atoms with Crippen molar-refractivity contribution in [3.8, 4) is 0 Å². The molecule has 110 valence electrons. The van der Waals surface area contributed by atoms with Crippen molar-refractivity contribution in [3.05, 3.63) is 34.9 Å². The van der Waals surface area contributed by atoms with E-state index in [4.69, 9.17) is 11.6 Å². The zero-order valence-corrected chi connectivity index (χ0v) is 13.1. The van der Waals surface area contributed by atoms with E-state index in [-0.39, 0.29) is 0 Å². The van der Waals surface area contributed by atoms with Crippen molar-refractivity contribution in [1.82, 2.24) is 5.32 Å². The van der Waals surface area contributed by atoms with Crippen molar-refractivity contribution < 1.29 is 0 Å². The summed E-state index contributed by atoms with van der Waals surface area (Å²) in [5.74, 6) is 2.36. The van der Waals surface area contributed by atoms with E-state index in [1.807, 2.05) is 0 Å². The summed E-state index contributed by atoms with van der Waals surface area (Å²) >= 11 is 6.11. The molecule has 0 aromatic heterocycles. The van der Waals surface area contributed by atoms with Gasteiger partial charge in [-0.05, 0) is 67.2 Å². The summed E-state index contributed by atoms with van der Waals surface area (Å²) in [6, 6.07) is 7.05. The quantitative estimate of drug-likeness (QED) is 0.797. The van der Waals surface area contributed by atoms with Crippen LogP contribution < -0.4 is 5.32 Å². The predicted molar refractivity (Wildman–Crippen MR) is 86.3 cm³/mol. The summed E-state index contributed by atoms with van der Waals surface area (Å²) in [6.45, 7) is 2.15. The first-order valence-electron chi connectivity index (χ1n) is 8.24. The molecule has 1 aromatic carbocycles. The van der Waals surface area contributed by atoms with E-state index >= 15 is 0 Å². The molecule has 20 heavy (non-hydrogen) atoms. The monoisotopic (exact) mass is 291 g/mol. The van der Waals surface area contributed by atoms with Gasteiger partial charge in [-0.1, -0.05) is 31.0 Å². The Morgan fingerprint density at radius 1 is 1.00 bits per heavy atom. The van der Waals surface area contributed by atoms with Crippen LogP contribution in [-0.4, -0.2) is 12.4 Å². The third-order valence-electron chi connectivity index (χ3n) is 5.16. The number of alkyl halides is 1. The van der Waals surface area contributed by atoms with Crippen LogP contribution in [0.1, 0.15) is 48.8 Å². The zero-order valence-electron chi connectivity index (χ0n) is 12.3. The van der Waals surface area contributed by atoms with Gasteiger partial charge in [-0.15, -0.1) is 11.6 Å². The molecule has 0 aliphatic heterocycles. The summed E-state index contributed by atoms with van der Waals surface area (Å²) in [5.41, 5.74) is 4.60. The van der Waals surface area contributed by atoms with Crippen LogP contribution in [0.2, 0.25) is 0 Å². The van der Waals surface area contributed by atoms with Gasteiger partial charge in [0.25, 0.3) is 0 Å². The Balaban J connectivity index is 1.49. The predicted octanol–water partition coefficient (Wildman–Crippen LogP) is 4.31. The minimum Gasteiger partial charge on any atom is -0.312 e. The highest BCUT2D eigenvalue weighted by molar-refractivity contribution is 6.18. The van der Waals surface area contributed by atoms with Crippen LogP contribution in [0.25, 0.3) is 0 Å². The summed E-state index contributed by atoms with van der Waals surface area (Å²) in [5, 5.41) is 3.67. The van der Waals surface area contributed by atoms with E-state index in [9.17, 15) is 0 Å². The molecule has 2 unspecified atom stereocenters. The number of hydrogen-bond acceptors (Lipinski definition) is 1. The maximum atomic E-state index is 6.11. The van der Waals surface area contributed by atoms with Gasteiger partial charge >= 0.3 is 0 Å². The van der Waals surface area contributed by atoms with Crippen LogP contribution in [0.3, 0.4) is 0 Å². The average Bonchev–Trinajstić information content (AvgIpc) is 2.95. The van der Waals surface area contributed by atoms with Crippen LogP contribution in [0.5, 0.6) is 0 Å². The molecule has 0 bridgehead atoms. The summed E-state index contributed by atoms with van der Waals surface area (Å²) in [6.07, 6.45) is 9.34. The van der Waals surface area contributed by atoms with Gasteiger partial charge in [-0.3, -0.25) is 0 Å². The fraction of sp³-hybridized carbons (Fsp3) is 0.667. The Morgan fingerprint density at radius 3 is 2.65 bits per heavy atom. The second kappa shape index (κ2) is 6.95. The normalized spacial score (nSPS) is 25.6. The van der Waals surface area contributed by atoms with Crippen molar-refractivity contribution >= 4 is 11.6 Å². The second-order valence-corrected chi connectivity index (χ2v) is 6.86. The number of nitrogens with one attached hydrogen (secondary N) is 1. The lowest BCUT2D eigenvalue weighted by Gasteiger charge is -2.30. The minimum absolute atomic E-state index is 0.734. The highest BCUT2D eigenvalue weighted by Gasteiger charge is 2.23. The highest BCUT2D eigenvalue weighted by Crippen LogP contribution is 2.30. The molecule has 2 aliphatic carbocycles. The smallest absolute Gasteiger partial charge is 0.0254 e. The SMILES string of the molecule is ClCC1CCCCC1CNCc1ccc2c(c1)CCC2. The Kier molecular flexibility index (Phi) is 5.01. The van der Waals surface area contributed by atoms with E-state index in [1.165, 1.54) is 50.5 Å². The first kappa shape index (κ1) is 14.4. The van der Waals surface area contributed by atoms with Crippen molar-refractivity contribution in [3.63, 3.8) is 0 Å². The summed E-state index contributed by atoms with van der Waals surface area (Å²) in [4.78, 5) is 0. The standard InChI is InChI=1S/C18H26ClN/c19-11-17-4-1-2-5-18(17)13-20-12-14-8-9-15-6-3-7-16(15)10-14/h8-10,17-18,20H,1-7,11-13H2. The van der Waals surface area contributed by atoms with Crippen LogP contribution in [0.15, 0.2) is 18.2 Å². The van der Waals surface area contributed by atoms with Crippen LogP contribution in [0, 0.1) is 11.8 Å². The van der Waals surface area contributed by atoms with Gasteiger partial charge in [0, 0.05) is 12.4 Å². The average molecular weight is 292 g/mol. The van der Waals surface area contributed by atoms with Gasteiger partial charge in [-0.25, -0.2) is 0 Å². The maximum Gasteiger partial charge on any atom is 0.0254 e. The van der Waals surface area contributed by atoms with E-state index < -0.39 is 0 Å². The Bertz CT molecular complexity index is 443. The lowest BCUT2D eigenvalue weighted by molar-refractivity contribution is 0.250. The van der Waals surface area contributed by atoms with Crippen LogP contribution in [0.4, 0.5) is 0 Å². The third-order valence-corrected chi connectivity index (χ3v) is 5.56. The second-order valence-electron chi connectivity index (χ2n) is 6.55. The third kappa shape index (κ3) is 3.38. The lowest BCUT2D eigenvalue weighted by atomic mass is 9.80. The fourth-order valence-electron chi connectivity index (χ4n) is 3.89. The van der Waals surface area contributed by atoms with Gasteiger partial charge in [0.1, 0.15) is 0 Å². The van der Waals surface area contributed by atoms with Gasteiger partial charge in [0.05, 0.1) is 0 Å². The number of fused-ring (bicyclic) bond motifs is 1. The van der Waals surface area contributed by atoms with E-state index in [2.05, 4.69) is 23.5 Å². The molecule has 0 radical (unpaired) electrons. The summed E-state index contributed by atoms with van der Waals surface area (Å²) in [7, 11) is 0. The van der Waals surface area contributed by atoms with Gasteiger partial charge in [-0.2, -0.15) is 0 Å². The molecule has 0 heterocycles. The topological polar surface area (TPSA) is 12.0 Å². The minimum atomic E-state index is 0.734. The first-order chi connectivity index (χ1) is 9.86. The molecule has 0 saturated heterocycles.